The van der Waals surface area contributed by atoms with E-state index in [1.807, 2.05) is 0 Å². The van der Waals surface area contributed by atoms with Crippen LogP contribution in [0.25, 0.3) is 0 Å². The van der Waals surface area contributed by atoms with Crippen molar-refractivity contribution in [2.75, 3.05) is 20.2 Å². The quantitative estimate of drug-likeness (QED) is 0.567. The number of likely N-dealkylation sites (tertiary alicyclic amines) is 1. The van der Waals surface area contributed by atoms with Crippen molar-refractivity contribution in [3.05, 3.63) is 0 Å². The molecule has 2 atom stereocenters. The van der Waals surface area contributed by atoms with Gasteiger partial charge in [-0.15, -0.1) is 0 Å². The summed E-state index contributed by atoms with van der Waals surface area (Å²) in [5.74, 6) is -0.313. The Morgan fingerprint density at radius 1 is 1.53 bits per heavy atom. The third kappa shape index (κ3) is 4.28. The molecule has 0 amide bonds. The first-order chi connectivity index (χ1) is 7.97. The maximum Gasteiger partial charge on any atom is 0.325 e. The van der Waals surface area contributed by atoms with E-state index in [4.69, 9.17) is 5.73 Å². The van der Waals surface area contributed by atoms with Gasteiger partial charge in [-0.25, -0.2) is 0 Å². The summed E-state index contributed by atoms with van der Waals surface area (Å²) in [4.78, 5) is 13.9. The molecule has 1 aliphatic rings. The molecule has 0 aromatic carbocycles. The van der Waals surface area contributed by atoms with E-state index in [2.05, 4.69) is 16.6 Å². The molecule has 0 saturated carbocycles. The largest absolute Gasteiger partial charge is 0.468 e. The van der Waals surface area contributed by atoms with E-state index < -0.39 is 5.54 Å². The fourth-order valence-electron chi connectivity index (χ4n) is 2.47. The Bertz CT molecular complexity index is 254. The van der Waals surface area contributed by atoms with Crippen LogP contribution in [0, 0.1) is 0 Å². The second kappa shape index (κ2) is 6.36. The number of unbranched alkanes of at least 4 members (excludes halogenated alkanes) is 1. The Morgan fingerprint density at radius 2 is 2.24 bits per heavy atom. The summed E-state index contributed by atoms with van der Waals surface area (Å²) in [7, 11) is 1.39. The number of rotatable bonds is 6. The molecule has 0 aromatic rings. The minimum absolute atomic E-state index is 0.313. The number of nitrogens with two attached hydrogens (primary N) is 1. The molecule has 2 N–H and O–H groups in total. The lowest BCUT2D eigenvalue weighted by Gasteiger charge is -2.23. The SMILES string of the molecule is COC(=O)C(C)(N)CCCCN1CCCC1C. The zero-order valence-electron chi connectivity index (χ0n) is 11.4. The fraction of sp³-hybridized carbons (Fsp3) is 0.923. The van der Waals surface area contributed by atoms with Gasteiger partial charge in [-0.05, 0) is 59.0 Å². The molecule has 1 rings (SSSR count). The van der Waals surface area contributed by atoms with Crippen LogP contribution in [0.5, 0.6) is 0 Å². The standard InChI is InChI=1S/C13H26N2O2/c1-11-7-6-10-15(11)9-5-4-8-13(2,14)12(16)17-3/h11H,4-10,14H2,1-3H3. The highest BCUT2D eigenvalue weighted by Gasteiger charge is 2.28. The lowest BCUT2D eigenvalue weighted by molar-refractivity contribution is -0.146. The average Bonchev–Trinajstić information content (AvgIpc) is 2.69. The van der Waals surface area contributed by atoms with Crippen molar-refractivity contribution >= 4 is 5.97 Å². The molecule has 4 heteroatoms. The molecule has 0 aromatic heterocycles. The van der Waals surface area contributed by atoms with Crippen molar-refractivity contribution in [3.63, 3.8) is 0 Å². The molecule has 2 unspecified atom stereocenters. The van der Waals surface area contributed by atoms with Gasteiger partial charge in [0, 0.05) is 6.04 Å². The fourth-order valence-corrected chi connectivity index (χ4v) is 2.47. The molecule has 0 bridgehead atoms. The van der Waals surface area contributed by atoms with Crippen LogP contribution in [0.3, 0.4) is 0 Å². The first kappa shape index (κ1) is 14.5. The molecular weight excluding hydrogens is 216 g/mol. The zero-order valence-corrected chi connectivity index (χ0v) is 11.4. The van der Waals surface area contributed by atoms with E-state index in [-0.39, 0.29) is 5.97 Å². The molecule has 17 heavy (non-hydrogen) atoms. The average molecular weight is 242 g/mol. The molecule has 4 nitrogen and oxygen atoms in total. The number of ether oxygens (including phenoxy) is 1. The third-order valence-electron chi connectivity index (χ3n) is 3.73. The summed E-state index contributed by atoms with van der Waals surface area (Å²) in [5.41, 5.74) is 5.08. The van der Waals surface area contributed by atoms with Gasteiger partial charge < -0.3 is 15.4 Å². The minimum atomic E-state index is -0.828. The van der Waals surface area contributed by atoms with Crippen molar-refractivity contribution in [2.45, 2.75) is 57.5 Å². The predicted molar refractivity (Wildman–Crippen MR) is 68.7 cm³/mol. The van der Waals surface area contributed by atoms with Gasteiger partial charge in [0.05, 0.1) is 7.11 Å². The molecule has 1 saturated heterocycles. The van der Waals surface area contributed by atoms with E-state index in [9.17, 15) is 4.79 Å². The molecular formula is C13H26N2O2. The smallest absolute Gasteiger partial charge is 0.325 e. The summed E-state index contributed by atoms with van der Waals surface area (Å²) < 4.78 is 4.69. The van der Waals surface area contributed by atoms with E-state index in [0.29, 0.717) is 6.42 Å². The van der Waals surface area contributed by atoms with Crippen LogP contribution in [0.15, 0.2) is 0 Å². The molecule has 0 radical (unpaired) electrons. The number of esters is 1. The molecule has 0 aliphatic carbocycles. The molecule has 100 valence electrons. The summed E-state index contributed by atoms with van der Waals surface area (Å²) >= 11 is 0. The van der Waals surface area contributed by atoms with Crippen LogP contribution in [0.2, 0.25) is 0 Å². The van der Waals surface area contributed by atoms with Gasteiger partial charge in [-0.3, -0.25) is 4.79 Å². The van der Waals surface area contributed by atoms with Crippen LogP contribution >= 0.6 is 0 Å². The number of methoxy groups -OCH3 is 1. The van der Waals surface area contributed by atoms with Crippen molar-refractivity contribution in [1.29, 1.82) is 0 Å². The van der Waals surface area contributed by atoms with Gasteiger partial charge in [-0.1, -0.05) is 0 Å². The van der Waals surface area contributed by atoms with Crippen molar-refractivity contribution in [2.24, 2.45) is 5.73 Å². The van der Waals surface area contributed by atoms with Gasteiger partial charge in [-0.2, -0.15) is 0 Å². The maximum absolute atomic E-state index is 11.4. The third-order valence-corrected chi connectivity index (χ3v) is 3.73. The Hall–Kier alpha value is -0.610. The highest BCUT2D eigenvalue weighted by molar-refractivity contribution is 5.79. The number of carbonyl (C=O) groups is 1. The van der Waals surface area contributed by atoms with E-state index >= 15 is 0 Å². The number of nitrogens with zero attached hydrogens (tertiary/aromatic N) is 1. The van der Waals surface area contributed by atoms with Crippen molar-refractivity contribution in [3.8, 4) is 0 Å². The number of hydrogen-bond donors (Lipinski definition) is 1. The van der Waals surface area contributed by atoms with Crippen molar-refractivity contribution < 1.29 is 9.53 Å². The van der Waals surface area contributed by atoms with Crippen LogP contribution in [0.1, 0.15) is 46.0 Å². The molecule has 1 heterocycles. The van der Waals surface area contributed by atoms with Crippen LogP contribution in [-0.4, -0.2) is 42.6 Å². The summed E-state index contributed by atoms with van der Waals surface area (Å²) in [5, 5.41) is 0. The number of carbonyl (C=O) groups excluding carboxylic acids is 1. The van der Waals surface area contributed by atoms with E-state index in [1.54, 1.807) is 6.92 Å². The van der Waals surface area contributed by atoms with Gasteiger partial charge in [0.1, 0.15) is 5.54 Å². The number of hydrogen-bond acceptors (Lipinski definition) is 4. The van der Waals surface area contributed by atoms with Crippen molar-refractivity contribution in [1.82, 2.24) is 4.90 Å². The maximum atomic E-state index is 11.4. The monoisotopic (exact) mass is 242 g/mol. The van der Waals surface area contributed by atoms with Gasteiger partial charge in [0.15, 0.2) is 0 Å². The summed E-state index contributed by atoms with van der Waals surface area (Å²) in [6.07, 6.45) is 5.41. The van der Waals surface area contributed by atoms with Gasteiger partial charge in [0.25, 0.3) is 0 Å². The highest BCUT2D eigenvalue weighted by atomic mass is 16.5. The van der Waals surface area contributed by atoms with E-state index in [0.717, 1.165) is 25.4 Å². The van der Waals surface area contributed by atoms with Crippen LogP contribution in [0.4, 0.5) is 0 Å². The molecule has 1 fully saturated rings. The lowest BCUT2D eigenvalue weighted by atomic mass is 9.96. The highest BCUT2D eigenvalue weighted by Crippen LogP contribution is 2.18. The summed E-state index contributed by atoms with van der Waals surface area (Å²) in [6.45, 7) is 6.38. The van der Waals surface area contributed by atoms with Crippen LogP contribution < -0.4 is 5.73 Å². The van der Waals surface area contributed by atoms with Crippen LogP contribution in [-0.2, 0) is 9.53 Å². The van der Waals surface area contributed by atoms with Gasteiger partial charge >= 0.3 is 5.97 Å². The Labute approximate surface area is 104 Å². The van der Waals surface area contributed by atoms with Gasteiger partial charge in [0.2, 0.25) is 0 Å². The Balaban J connectivity index is 2.17. The lowest BCUT2D eigenvalue weighted by Crippen LogP contribution is -2.45. The zero-order chi connectivity index (χ0) is 12.9. The summed E-state index contributed by atoms with van der Waals surface area (Å²) in [6, 6.07) is 0.722. The topological polar surface area (TPSA) is 55.6 Å². The first-order valence-electron chi connectivity index (χ1n) is 6.58. The second-order valence-electron chi connectivity index (χ2n) is 5.39. The van der Waals surface area contributed by atoms with E-state index in [1.165, 1.54) is 26.5 Å². The first-order valence-corrected chi connectivity index (χ1v) is 6.58. The normalized spacial score (nSPS) is 24.6. The second-order valence-corrected chi connectivity index (χ2v) is 5.39. The molecule has 0 spiro atoms. The predicted octanol–water partition coefficient (Wildman–Crippen LogP) is 1.53. The Kier molecular flexibility index (Phi) is 5.40. The minimum Gasteiger partial charge on any atom is -0.468 e. The Morgan fingerprint density at radius 3 is 2.76 bits per heavy atom. The molecule has 1 aliphatic heterocycles.